The molecule has 13 rings (SSSR count). The number of rotatable bonds is 30. The standard InChI is InChI=1S/C80H76N4O20Si2/c1-13-97-41-55(79(89)103-65-35-49(31-33-81-65)43-105(91-7,92-8)93-9)83-75(85)51-37-61(99-57-27-19-15-23-45(57)3)69-71-63(101-59-29-21-17-25-47(59)5)39-53-68-54(78(88)84(77(53)87)56(42-98-14-2)80(90)104-66-36-50(32-34-82-66)44-106(94-10,95-11)96-12)40-64(102-60-30-22-18-26-48(60)6)72(74(68)71)70-62(100-58-28-20-16-24-46(58)4)38-52(76(83)86)67(51)73(69)70/h15-40,55-56H,13-14,41-44H2,1-12H3. The van der Waals surface area contributed by atoms with Gasteiger partial charge in [-0.25, -0.2) is 19.6 Å². The molecule has 9 aromatic carbocycles. The predicted molar refractivity (Wildman–Crippen MR) is 395 cm³/mol. The SMILES string of the molecule is CCOCC(C(=O)Oc1cc(C[Si](OC)(OC)OC)ccn1)N1C(=O)c2cc(Oc3ccccc3C)c3c4c(Oc5ccccc5C)cc5c6c(cc(Oc7ccccc7C)c(c7c(Oc8ccccc8C)cc(c2c37)C1=O)c64)C(=O)N(C(COCC)C(=O)Oc1cc(C[Si](OC)(OC)OC)ccn1)C5=O. The fourth-order valence-corrected chi connectivity index (χ4v) is 16.9. The number of carbonyl (C=O) groups excluding carboxylic acids is 6. The lowest BCUT2D eigenvalue weighted by atomic mass is 9.80. The van der Waals surface area contributed by atoms with Crippen molar-refractivity contribution >= 4 is 96.3 Å². The van der Waals surface area contributed by atoms with Crippen molar-refractivity contribution in [1.29, 1.82) is 0 Å². The molecule has 2 atom stereocenters. The number of esters is 2. The third-order valence-corrected chi connectivity index (χ3v) is 24.5. The largest absolute Gasteiger partial charge is 0.504 e. The first kappa shape index (κ1) is 73.4. The quantitative estimate of drug-likeness (QED) is 0.0133. The molecule has 2 unspecified atom stereocenters. The van der Waals surface area contributed by atoms with Crippen LogP contribution in [-0.2, 0) is 57.7 Å². The molecule has 544 valence electrons. The maximum absolute atomic E-state index is 16.4. The number of para-hydroxylation sites is 4. The first-order valence-electron chi connectivity index (χ1n) is 34.1. The summed E-state index contributed by atoms with van der Waals surface area (Å²) in [4.78, 5) is 106. The number of hydrogen-bond acceptors (Lipinski definition) is 22. The number of amides is 4. The van der Waals surface area contributed by atoms with E-state index in [1.807, 2.05) is 76.2 Å². The first-order valence-corrected chi connectivity index (χ1v) is 38.0. The Morgan fingerprint density at radius 3 is 0.896 bits per heavy atom. The van der Waals surface area contributed by atoms with Crippen LogP contribution in [0.4, 0.5) is 0 Å². The van der Waals surface area contributed by atoms with E-state index >= 15 is 28.8 Å². The highest BCUT2D eigenvalue weighted by Crippen LogP contribution is 2.58. The van der Waals surface area contributed by atoms with Crippen molar-refractivity contribution in [1.82, 2.24) is 19.8 Å². The lowest BCUT2D eigenvalue weighted by molar-refractivity contribution is -0.142. The lowest BCUT2D eigenvalue weighted by Gasteiger charge is -2.35. The number of imide groups is 2. The summed E-state index contributed by atoms with van der Waals surface area (Å²) in [5.41, 5.74) is 3.46. The molecule has 0 bridgehead atoms. The molecule has 2 aromatic heterocycles. The number of aryl methyl sites for hydroxylation is 4. The molecule has 0 aliphatic carbocycles. The highest BCUT2D eigenvalue weighted by Gasteiger charge is 2.48. The number of hydrogen-bond donors (Lipinski definition) is 0. The van der Waals surface area contributed by atoms with Crippen molar-refractivity contribution in [3.05, 3.63) is 214 Å². The number of carbonyl (C=O) groups is 6. The van der Waals surface area contributed by atoms with Gasteiger partial charge in [0.2, 0.25) is 11.8 Å². The molecule has 2 aliphatic heterocycles. The Hall–Kier alpha value is -10.9. The summed E-state index contributed by atoms with van der Waals surface area (Å²) in [7, 11) is 2.38. The third-order valence-electron chi connectivity index (χ3n) is 19.1. The molecule has 106 heavy (non-hydrogen) atoms. The minimum atomic E-state index is -3.23. The Balaban J connectivity index is 1.11. The van der Waals surface area contributed by atoms with Gasteiger partial charge in [0.1, 0.15) is 46.0 Å². The summed E-state index contributed by atoms with van der Waals surface area (Å²) in [6.45, 7) is 9.89. The number of aromatic nitrogens is 2. The fraction of sp³-hybridized carbons (Fsp3) is 0.250. The van der Waals surface area contributed by atoms with Crippen molar-refractivity contribution in [2.75, 3.05) is 69.1 Å². The molecule has 2 aliphatic rings. The van der Waals surface area contributed by atoms with Crippen LogP contribution in [0.1, 0.15) is 88.7 Å². The molecule has 0 saturated heterocycles. The van der Waals surface area contributed by atoms with E-state index in [1.54, 1.807) is 74.5 Å². The van der Waals surface area contributed by atoms with Crippen molar-refractivity contribution in [2.45, 2.75) is 65.7 Å². The van der Waals surface area contributed by atoms with Gasteiger partial charge < -0.3 is 64.5 Å². The molecule has 26 heteroatoms. The zero-order chi connectivity index (χ0) is 74.9. The number of ether oxygens (including phenoxy) is 8. The second kappa shape index (κ2) is 30.7. The van der Waals surface area contributed by atoms with Gasteiger partial charge in [0.15, 0.2) is 12.1 Å². The van der Waals surface area contributed by atoms with Gasteiger partial charge >= 0.3 is 29.5 Å². The molecule has 0 radical (unpaired) electrons. The average molecular weight is 1470 g/mol. The molecule has 0 fully saturated rings. The average Bonchev–Trinajstić information content (AvgIpc) is 0.670. The Bertz CT molecular complexity index is 4730. The minimum Gasteiger partial charge on any atom is -0.456 e. The zero-order valence-electron chi connectivity index (χ0n) is 60.4. The molecular weight excluding hydrogens is 1390 g/mol. The normalized spacial score (nSPS) is 13.7. The minimum absolute atomic E-state index is 0.0155. The summed E-state index contributed by atoms with van der Waals surface area (Å²) < 4.78 is 87.2. The van der Waals surface area contributed by atoms with Gasteiger partial charge in [-0.3, -0.25) is 29.0 Å². The van der Waals surface area contributed by atoms with Gasteiger partial charge in [-0.05, 0) is 136 Å². The Morgan fingerprint density at radius 1 is 0.368 bits per heavy atom. The fourth-order valence-electron chi connectivity index (χ4n) is 13.6. The van der Waals surface area contributed by atoms with Gasteiger partial charge in [-0.15, -0.1) is 0 Å². The Morgan fingerprint density at radius 2 is 0.642 bits per heavy atom. The first-order chi connectivity index (χ1) is 51.3. The molecule has 4 amide bonds. The highest BCUT2D eigenvalue weighted by atomic mass is 28.4. The molecule has 0 N–H and O–H groups in total. The zero-order valence-corrected chi connectivity index (χ0v) is 62.4. The monoisotopic (exact) mass is 1470 g/mol. The third kappa shape index (κ3) is 13.6. The van der Waals surface area contributed by atoms with Crippen LogP contribution in [0.15, 0.2) is 158 Å². The Kier molecular flexibility index (Phi) is 21.2. The van der Waals surface area contributed by atoms with Crippen molar-refractivity contribution < 1.29 is 93.2 Å². The van der Waals surface area contributed by atoms with Gasteiger partial charge in [-0.2, -0.15) is 0 Å². The molecule has 11 aromatic rings. The number of pyridine rings is 2. The summed E-state index contributed by atoms with van der Waals surface area (Å²) >= 11 is 0. The van der Waals surface area contributed by atoms with E-state index in [0.29, 0.717) is 56.4 Å². The van der Waals surface area contributed by atoms with Crippen molar-refractivity contribution in [3.63, 3.8) is 0 Å². The lowest BCUT2D eigenvalue weighted by Crippen LogP contribution is -2.54. The highest BCUT2D eigenvalue weighted by molar-refractivity contribution is 6.60. The molecular formula is C80H76N4O20Si2. The number of nitrogens with zero attached hydrogens (tertiary/aromatic N) is 4. The number of fused-ring (bicyclic) bond motifs is 2. The van der Waals surface area contributed by atoms with Crippen LogP contribution in [0.2, 0.25) is 0 Å². The molecule has 0 spiro atoms. The van der Waals surface area contributed by atoms with Crippen LogP contribution < -0.4 is 28.4 Å². The van der Waals surface area contributed by atoms with Gasteiger partial charge in [-0.1, -0.05) is 72.8 Å². The maximum atomic E-state index is 16.4. The van der Waals surface area contributed by atoms with E-state index in [9.17, 15) is 0 Å². The van der Waals surface area contributed by atoms with Crippen LogP contribution >= 0.6 is 0 Å². The maximum Gasteiger partial charge on any atom is 0.504 e. The Labute approximate surface area is 612 Å². The molecule has 4 heterocycles. The summed E-state index contributed by atoms with van der Waals surface area (Å²) in [5.74, 6) is -4.78. The van der Waals surface area contributed by atoms with Crippen LogP contribution in [-0.4, -0.2) is 154 Å². The van der Waals surface area contributed by atoms with Crippen LogP contribution in [0.25, 0.3) is 43.1 Å². The summed E-state index contributed by atoms with van der Waals surface area (Å²) in [6.07, 6.45) is 2.86. The van der Waals surface area contributed by atoms with E-state index in [4.69, 9.17) is 64.5 Å². The van der Waals surface area contributed by atoms with Gasteiger partial charge in [0, 0.05) is 136 Å². The van der Waals surface area contributed by atoms with Crippen molar-refractivity contribution in [2.24, 2.45) is 0 Å². The predicted octanol–water partition coefficient (Wildman–Crippen LogP) is 14.1. The van der Waals surface area contributed by atoms with Crippen molar-refractivity contribution in [3.8, 4) is 57.8 Å². The van der Waals surface area contributed by atoms with E-state index in [-0.39, 0.29) is 125 Å². The van der Waals surface area contributed by atoms with Gasteiger partial charge in [0.05, 0.1) is 35.5 Å². The van der Waals surface area contributed by atoms with Crippen LogP contribution in [0.5, 0.6) is 57.8 Å². The summed E-state index contributed by atoms with van der Waals surface area (Å²) in [6, 6.07) is 38.2. The smallest absolute Gasteiger partial charge is 0.456 e. The topological polar surface area (TPSA) is 264 Å². The number of benzene rings is 9. The van der Waals surface area contributed by atoms with Gasteiger partial charge in [0.25, 0.3) is 23.6 Å². The van der Waals surface area contributed by atoms with E-state index in [2.05, 4.69) is 9.97 Å². The van der Waals surface area contributed by atoms with Crippen LogP contribution in [0.3, 0.4) is 0 Å². The van der Waals surface area contributed by atoms with E-state index in [1.165, 1.54) is 91.5 Å². The van der Waals surface area contributed by atoms with E-state index in [0.717, 1.165) is 9.80 Å². The van der Waals surface area contributed by atoms with Crippen LogP contribution in [0, 0.1) is 27.7 Å². The second-order valence-corrected chi connectivity index (χ2v) is 31.2. The second-order valence-electron chi connectivity index (χ2n) is 25.3. The van der Waals surface area contributed by atoms with E-state index < -0.39 is 78.5 Å². The molecule has 24 nitrogen and oxygen atoms in total. The summed E-state index contributed by atoms with van der Waals surface area (Å²) in [5, 5.41) is 1.51. The molecule has 0 saturated carbocycles.